The molecule has 1 rings (SSSR count). The molecule has 0 aliphatic rings. The van der Waals surface area contributed by atoms with Crippen molar-refractivity contribution in [2.24, 2.45) is 0 Å². The summed E-state index contributed by atoms with van der Waals surface area (Å²) in [6, 6.07) is 1.84. The number of hydrogen-bond acceptors (Lipinski definition) is 2. The van der Waals surface area contributed by atoms with Gasteiger partial charge in [0.2, 0.25) is 0 Å². The number of hydrogen-bond donors (Lipinski definition) is 1. The fourth-order valence-electron chi connectivity index (χ4n) is 0.930. The van der Waals surface area contributed by atoms with E-state index in [0.717, 1.165) is 12.1 Å². The Morgan fingerprint density at radius 1 is 1.36 bits per heavy atom. The fraction of sp³-hybridized carbons (Fsp3) is 0.200. The highest BCUT2D eigenvalue weighted by molar-refractivity contribution is 5.46. The Kier molecular flexibility index (Phi) is 3.43. The second-order valence-corrected chi connectivity index (χ2v) is 2.43. The molecule has 0 heterocycles. The second-order valence-electron chi connectivity index (χ2n) is 2.43. The molecule has 1 N–H and O–H groups in total. The highest BCUT2D eigenvalue weighted by atomic mass is 19.2. The van der Waals surface area contributed by atoms with Gasteiger partial charge in [0.05, 0.1) is 12.7 Å². The smallest absolute Gasteiger partial charge is 0.162 e. The molecule has 0 aliphatic carbocycles. The van der Waals surface area contributed by atoms with Crippen LogP contribution in [0, 0.1) is 23.5 Å². The normalized spacial score (nSPS) is 9.14. The van der Waals surface area contributed by atoms with E-state index in [2.05, 4.69) is 11.8 Å². The van der Waals surface area contributed by atoms with Crippen molar-refractivity contribution in [3.05, 3.63) is 29.3 Å². The number of ether oxygens (including phenoxy) is 1. The summed E-state index contributed by atoms with van der Waals surface area (Å²) in [5.74, 6) is 2.93. The van der Waals surface area contributed by atoms with Gasteiger partial charge in [-0.2, -0.15) is 0 Å². The maximum Gasteiger partial charge on any atom is 0.162 e. The summed E-state index contributed by atoms with van der Waals surface area (Å²) in [4.78, 5) is 0. The molecule has 0 bridgehead atoms. The van der Waals surface area contributed by atoms with Crippen LogP contribution in [0.15, 0.2) is 12.1 Å². The average Bonchev–Trinajstić information content (AvgIpc) is 2.19. The molecule has 2 nitrogen and oxygen atoms in total. The quantitative estimate of drug-likeness (QED) is 0.689. The van der Waals surface area contributed by atoms with E-state index in [1.54, 1.807) is 0 Å². The lowest BCUT2D eigenvalue weighted by Crippen LogP contribution is -1.93. The van der Waals surface area contributed by atoms with E-state index >= 15 is 0 Å². The van der Waals surface area contributed by atoms with Crippen LogP contribution < -0.4 is 4.74 Å². The van der Waals surface area contributed by atoms with Crippen LogP contribution in [0.3, 0.4) is 0 Å². The first-order valence-corrected chi connectivity index (χ1v) is 3.81. The lowest BCUT2D eigenvalue weighted by atomic mass is 10.2. The summed E-state index contributed by atoms with van der Waals surface area (Å²) in [7, 11) is 1.33. The monoisotopic (exact) mass is 198 g/mol. The van der Waals surface area contributed by atoms with Gasteiger partial charge in [-0.25, -0.2) is 8.78 Å². The van der Waals surface area contributed by atoms with Gasteiger partial charge in [0.25, 0.3) is 0 Å². The molecule has 74 valence electrons. The van der Waals surface area contributed by atoms with Crippen molar-refractivity contribution < 1.29 is 18.6 Å². The van der Waals surface area contributed by atoms with E-state index in [1.807, 2.05) is 0 Å². The maximum absolute atomic E-state index is 12.8. The maximum atomic E-state index is 12.8. The number of methoxy groups -OCH3 is 1. The molecule has 0 aliphatic heterocycles. The Morgan fingerprint density at radius 2 is 2.00 bits per heavy atom. The van der Waals surface area contributed by atoms with Gasteiger partial charge in [-0.3, -0.25) is 0 Å². The van der Waals surface area contributed by atoms with E-state index in [1.165, 1.54) is 7.11 Å². The van der Waals surface area contributed by atoms with Gasteiger partial charge in [0.1, 0.15) is 12.4 Å². The summed E-state index contributed by atoms with van der Waals surface area (Å²) in [5.41, 5.74) is 0.209. The van der Waals surface area contributed by atoms with Crippen LogP contribution >= 0.6 is 0 Å². The molecule has 14 heavy (non-hydrogen) atoms. The molecule has 0 aromatic heterocycles. The van der Waals surface area contributed by atoms with Gasteiger partial charge >= 0.3 is 0 Å². The van der Waals surface area contributed by atoms with Crippen molar-refractivity contribution in [3.8, 4) is 17.6 Å². The zero-order chi connectivity index (χ0) is 10.6. The number of aliphatic hydroxyl groups is 1. The molecule has 0 radical (unpaired) electrons. The van der Waals surface area contributed by atoms with E-state index in [4.69, 9.17) is 9.84 Å². The first kappa shape index (κ1) is 10.5. The van der Waals surface area contributed by atoms with E-state index in [9.17, 15) is 8.78 Å². The third kappa shape index (κ3) is 2.21. The van der Waals surface area contributed by atoms with Gasteiger partial charge in [0.15, 0.2) is 11.6 Å². The van der Waals surface area contributed by atoms with Crippen LogP contribution in [0.25, 0.3) is 0 Å². The molecule has 0 fully saturated rings. The molecule has 0 atom stereocenters. The van der Waals surface area contributed by atoms with E-state index in [-0.39, 0.29) is 17.9 Å². The minimum absolute atomic E-state index is 0.143. The van der Waals surface area contributed by atoms with Gasteiger partial charge in [0, 0.05) is 6.07 Å². The van der Waals surface area contributed by atoms with Crippen LogP contribution in [0.4, 0.5) is 8.78 Å². The molecule has 0 amide bonds. The van der Waals surface area contributed by atoms with Crippen molar-refractivity contribution in [3.63, 3.8) is 0 Å². The van der Waals surface area contributed by atoms with Crippen molar-refractivity contribution in [1.82, 2.24) is 0 Å². The average molecular weight is 198 g/mol. The summed E-state index contributed by atoms with van der Waals surface area (Å²) >= 11 is 0. The SMILES string of the molecule is COc1cc(F)c(F)cc1C#CCO. The minimum atomic E-state index is -0.993. The van der Waals surface area contributed by atoms with Crippen LogP contribution in [-0.4, -0.2) is 18.8 Å². The fourth-order valence-corrected chi connectivity index (χ4v) is 0.930. The molecular formula is C10H8F2O2. The second kappa shape index (κ2) is 4.58. The minimum Gasteiger partial charge on any atom is -0.495 e. The van der Waals surface area contributed by atoms with Crippen molar-refractivity contribution >= 4 is 0 Å². The predicted molar refractivity (Wildman–Crippen MR) is 46.9 cm³/mol. The Bertz CT molecular complexity index is 391. The third-order valence-electron chi connectivity index (χ3n) is 1.54. The molecule has 0 saturated heterocycles. The van der Waals surface area contributed by atoms with Gasteiger partial charge < -0.3 is 9.84 Å². The van der Waals surface area contributed by atoms with Crippen LogP contribution in [-0.2, 0) is 0 Å². The summed E-state index contributed by atoms with van der Waals surface area (Å²) in [6.45, 7) is -0.345. The zero-order valence-electron chi connectivity index (χ0n) is 7.47. The van der Waals surface area contributed by atoms with Crippen LogP contribution in [0.2, 0.25) is 0 Å². The largest absolute Gasteiger partial charge is 0.495 e. The third-order valence-corrected chi connectivity index (χ3v) is 1.54. The molecule has 0 unspecified atom stereocenters. The highest BCUT2D eigenvalue weighted by Crippen LogP contribution is 2.20. The number of rotatable bonds is 1. The Labute approximate surface area is 80.1 Å². The van der Waals surface area contributed by atoms with Crippen LogP contribution in [0.1, 0.15) is 5.56 Å². The molecule has 1 aromatic carbocycles. The molecule has 1 aromatic rings. The summed E-state index contributed by atoms with van der Waals surface area (Å²) < 4.78 is 30.3. The van der Waals surface area contributed by atoms with Crippen molar-refractivity contribution in [1.29, 1.82) is 0 Å². The van der Waals surface area contributed by atoms with E-state index in [0.29, 0.717) is 0 Å². The van der Waals surface area contributed by atoms with Crippen LogP contribution in [0.5, 0.6) is 5.75 Å². The Morgan fingerprint density at radius 3 is 2.57 bits per heavy atom. The predicted octanol–water partition coefficient (Wildman–Crippen LogP) is 1.32. The summed E-state index contributed by atoms with van der Waals surface area (Å²) in [6.07, 6.45) is 0. The number of benzene rings is 1. The van der Waals surface area contributed by atoms with Crippen molar-refractivity contribution in [2.45, 2.75) is 0 Å². The number of aliphatic hydroxyl groups excluding tert-OH is 1. The topological polar surface area (TPSA) is 29.5 Å². The standard InChI is InChI=1S/C10H8F2O2/c1-14-10-6-9(12)8(11)5-7(10)3-2-4-13/h5-6,13H,4H2,1H3. The molecule has 0 spiro atoms. The lowest BCUT2D eigenvalue weighted by Gasteiger charge is -2.03. The lowest BCUT2D eigenvalue weighted by molar-refractivity contribution is 0.350. The zero-order valence-corrected chi connectivity index (χ0v) is 7.47. The molecular weight excluding hydrogens is 190 g/mol. The Hall–Kier alpha value is -1.60. The highest BCUT2D eigenvalue weighted by Gasteiger charge is 2.08. The van der Waals surface area contributed by atoms with Gasteiger partial charge in [-0.05, 0) is 6.07 Å². The molecule has 0 saturated carbocycles. The first-order valence-electron chi connectivity index (χ1n) is 3.81. The molecule has 4 heteroatoms. The Balaban J connectivity index is 3.20. The first-order chi connectivity index (χ1) is 6.69. The van der Waals surface area contributed by atoms with E-state index < -0.39 is 11.6 Å². The van der Waals surface area contributed by atoms with Gasteiger partial charge in [-0.1, -0.05) is 11.8 Å². The summed E-state index contributed by atoms with van der Waals surface area (Å²) in [5, 5.41) is 8.43. The number of halogens is 2. The van der Waals surface area contributed by atoms with Crippen molar-refractivity contribution in [2.75, 3.05) is 13.7 Å². The van der Waals surface area contributed by atoms with Gasteiger partial charge in [-0.15, -0.1) is 0 Å².